The summed E-state index contributed by atoms with van der Waals surface area (Å²) in [6.45, 7) is 2.02. The zero-order valence-electron chi connectivity index (χ0n) is 11.9. The second-order valence-electron chi connectivity index (χ2n) is 4.32. The summed E-state index contributed by atoms with van der Waals surface area (Å²) < 4.78 is 35.1. The first kappa shape index (κ1) is 17.4. The molecule has 2 aromatic rings. The van der Waals surface area contributed by atoms with Crippen molar-refractivity contribution in [2.75, 3.05) is 6.61 Å². The maximum Gasteiger partial charge on any atom is 0.339 e. The van der Waals surface area contributed by atoms with E-state index in [0.29, 0.717) is 5.56 Å². The van der Waals surface area contributed by atoms with Gasteiger partial charge in [0.05, 0.1) is 28.3 Å². The van der Waals surface area contributed by atoms with E-state index in [2.05, 4.69) is 0 Å². The molecule has 0 atom stereocenters. The Hall–Kier alpha value is -1.94. The highest BCUT2D eigenvalue weighted by molar-refractivity contribution is 7.87. The van der Waals surface area contributed by atoms with E-state index in [4.69, 9.17) is 37.4 Å². The number of hydrogen-bond acceptors (Lipinski definition) is 5. The van der Waals surface area contributed by atoms with Crippen molar-refractivity contribution in [1.29, 1.82) is 5.26 Å². The van der Waals surface area contributed by atoms with Gasteiger partial charge in [-0.3, -0.25) is 0 Å². The molecule has 8 heteroatoms. The topological polar surface area (TPSA) is 76.4 Å². The standard InChI is InChI=1S/C15H11Cl2NO4S/c1-2-21-15-7-10(9-18)3-6-14(15)22-23(19,20)11-4-5-12(16)13(17)8-11/h3-8H,2H2,1H3. The number of rotatable bonds is 5. The third-order valence-corrected chi connectivity index (χ3v) is 4.72. The van der Waals surface area contributed by atoms with Crippen LogP contribution in [0.25, 0.3) is 0 Å². The van der Waals surface area contributed by atoms with Crippen molar-refractivity contribution in [3.05, 3.63) is 52.0 Å². The average Bonchev–Trinajstić information content (AvgIpc) is 2.51. The Morgan fingerprint density at radius 2 is 1.83 bits per heavy atom. The lowest BCUT2D eigenvalue weighted by Crippen LogP contribution is -2.11. The van der Waals surface area contributed by atoms with Crippen LogP contribution in [0, 0.1) is 11.3 Å². The van der Waals surface area contributed by atoms with Crippen molar-refractivity contribution in [1.82, 2.24) is 0 Å². The van der Waals surface area contributed by atoms with Gasteiger partial charge in [-0.25, -0.2) is 0 Å². The molecule has 0 amide bonds. The Balaban J connectivity index is 2.40. The summed E-state index contributed by atoms with van der Waals surface area (Å²) in [4.78, 5) is -0.140. The Labute approximate surface area is 144 Å². The summed E-state index contributed by atoms with van der Waals surface area (Å²) in [5.41, 5.74) is 0.327. The molecule has 0 heterocycles. The van der Waals surface area contributed by atoms with Crippen molar-refractivity contribution in [2.24, 2.45) is 0 Å². The average molecular weight is 372 g/mol. The highest BCUT2D eigenvalue weighted by Crippen LogP contribution is 2.32. The predicted molar refractivity (Wildman–Crippen MR) is 86.6 cm³/mol. The van der Waals surface area contributed by atoms with Gasteiger partial charge in [-0.2, -0.15) is 13.7 Å². The number of halogens is 2. The summed E-state index contributed by atoms with van der Waals surface area (Å²) in [6.07, 6.45) is 0. The van der Waals surface area contributed by atoms with Crippen LogP contribution < -0.4 is 8.92 Å². The van der Waals surface area contributed by atoms with Gasteiger partial charge in [-0.15, -0.1) is 0 Å². The van der Waals surface area contributed by atoms with E-state index in [1.807, 2.05) is 6.07 Å². The third-order valence-electron chi connectivity index (χ3n) is 2.75. The Morgan fingerprint density at radius 1 is 1.09 bits per heavy atom. The van der Waals surface area contributed by atoms with Gasteiger partial charge >= 0.3 is 10.1 Å². The highest BCUT2D eigenvalue weighted by atomic mass is 35.5. The maximum atomic E-state index is 12.3. The fraction of sp³-hybridized carbons (Fsp3) is 0.133. The third kappa shape index (κ3) is 4.08. The maximum absolute atomic E-state index is 12.3. The van der Waals surface area contributed by atoms with E-state index in [-0.39, 0.29) is 33.0 Å². The SMILES string of the molecule is CCOc1cc(C#N)ccc1OS(=O)(=O)c1ccc(Cl)c(Cl)c1. The second-order valence-corrected chi connectivity index (χ2v) is 6.68. The Morgan fingerprint density at radius 3 is 2.43 bits per heavy atom. The molecular weight excluding hydrogens is 361 g/mol. The fourth-order valence-corrected chi connectivity index (χ4v) is 3.04. The van der Waals surface area contributed by atoms with Gasteiger partial charge in [0.2, 0.25) is 0 Å². The van der Waals surface area contributed by atoms with Gasteiger partial charge in [0.15, 0.2) is 11.5 Å². The Kier molecular flexibility index (Phi) is 5.37. The van der Waals surface area contributed by atoms with Crippen molar-refractivity contribution >= 4 is 33.3 Å². The molecule has 0 fully saturated rings. The van der Waals surface area contributed by atoms with Crippen molar-refractivity contribution in [3.63, 3.8) is 0 Å². The minimum absolute atomic E-state index is 0.0167. The van der Waals surface area contributed by atoms with Gasteiger partial charge in [0.25, 0.3) is 0 Å². The molecule has 120 valence electrons. The van der Waals surface area contributed by atoms with Crippen LogP contribution in [0.15, 0.2) is 41.3 Å². The number of ether oxygens (including phenoxy) is 1. The highest BCUT2D eigenvalue weighted by Gasteiger charge is 2.20. The molecule has 5 nitrogen and oxygen atoms in total. The van der Waals surface area contributed by atoms with E-state index < -0.39 is 10.1 Å². The van der Waals surface area contributed by atoms with Crippen molar-refractivity contribution < 1.29 is 17.3 Å². The molecule has 0 aliphatic heterocycles. The molecule has 0 spiro atoms. The van der Waals surface area contributed by atoms with Crippen LogP contribution in [-0.4, -0.2) is 15.0 Å². The number of nitriles is 1. The van der Waals surface area contributed by atoms with Gasteiger partial charge in [-0.05, 0) is 37.3 Å². The van der Waals surface area contributed by atoms with E-state index in [9.17, 15) is 8.42 Å². The van der Waals surface area contributed by atoms with Crippen molar-refractivity contribution in [3.8, 4) is 17.6 Å². The molecule has 2 rings (SSSR count). The minimum atomic E-state index is -4.12. The lowest BCUT2D eigenvalue weighted by molar-refractivity contribution is 0.327. The van der Waals surface area contributed by atoms with Crippen LogP contribution >= 0.6 is 23.2 Å². The summed E-state index contributed by atoms with van der Waals surface area (Å²) in [5.74, 6) is 0.145. The van der Waals surface area contributed by atoms with Gasteiger partial charge < -0.3 is 8.92 Å². The minimum Gasteiger partial charge on any atom is -0.490 e. The van der Waals surface area contributed by atoms with Crippen molar-refractivity contribution in [2.45, 2.75) is 11.8 Å². The summed E-state index contributed by atoms with van der Waals surface area (Å²) >= 11 is 11.6. The molecule has 0 aliphatic rings. The predicted octanol–water partition coefficient (Wildman–Crippen LogP) is 4.03. The van der Waals surface area contributed by atoms with E-state index in [0.717, 1.165) is 0 Å². The molecule has 0 unspecified atom stereocenters. The lowest BCUT2D eigenvalue weighted by Gasteiger charge is -2.12. The molecule has 23 heavy (non-hydrogen) atoms. The molecule has 0 aliphatic carbocycles. The Bertz CT molecular complexity index is 876. The number of benzene rings is 2. The first-order valence-electron chi connectivity index (χ1n) is 6.44. The quantitative estimate of drug-likeness (QED) is 0.741. The first-order valence-corrected chi connectivity index (χ1v) is 8.60. The lowest BCUT2D eigenvalue weighted by atomic mass is 10.2. The van der Waals surface area contributed by atoms with Crippen LogP contribution in [0.3, 0.4) is 0 Å². The zero-order chi connectivity index (χ0) is 17.0. The molecule has 0 radical (unpaired) electrons. The molecule has 0 bridgehead atoms. The van der Waals surface area contributed by atoms with E-state index in [1.54, 1.807) is 6.92 Å². The van der Waals surface area contributed by atoms with Crippen LogP contribution in [-0.2, 0) is 10.1 Å². The molecular formula is C15H11Cl2NO4S. The molecule has 0 saturated heterocycles. The molecule has 0 aromatic heterocycles. The molecule has 2 aromatic carbocycles. The number of hydrogen-bond donors (Lipinski definition) is 0. The van der Waals surface area contributed by atoms with Crippen LogP contribution in [0.4, 0.5) is 0 Å². The van der Waals surface area contributed by atoms with Gasteiger partial charge in [0.1, 0.15) is 4.90 Å². The van der Waals surface area contributed by atoms with Gasteiger partial charge in [0, 0.05) is 6.07 Å². The smallest absolute Gasteiger partial charge is 0.339 e. The fourth-order valence-electron chi connectivity index (χ4n) is 1.71. The van der Waals surface area contributed by atoms with Crippen LogP contribution in [0.1, 0.15) is 12.5 Å². The summed E-state index contributed by atoms with van der Waals surface area (Å²) in [5, 5.41) is 9.23. The monoisotopic (exact) mass is 371 g/mol. The number of nitrogens with zero attached hydrogens (tertiary/aromatic N) is 1. The van der Waals surface area contributed by atoms with Gasteiger partial charge in [-0.1, -0.05) is 23.2 Å². The van der Waals surface area contributed by atoms with Crippen LogP contribution in [0.2, 0.25) is 10.0 Å². The van der Waals surface area contributed by atoms with E-state index >= 15 is 0 Å². The molecule has 0 saturated carbocycles. The zero-order valence-corrected chi connectivity index (χ0v) is 14.2. The second kappa shape index (κ2) is 7.09. The van der Waals surface area contributed by atoms with Crippen LogP contribution in [0.5, 0.6) is 11.5 Å². The summed E-state index contributed by atoms with van der Waals surface area (Å²) in [6, 6.07) is 9.99. The largest absolute Gasteiger partial charge is 0.490 e. The normalized spacial score (nSPS) is 10.9. The first-order chi connectivity index (χ1) is 10.9. The molecule has 0 N–H and O–H groups in total. The summed E-state index contributed by atoms with van der Waals surface area (Å²) in [7, 11) is -4.12. The van der Waals surface area contributed by atoms with E-state index in [1.165, 1.54) is 36.4 Å².